The van der Waals surface area contributed by atoms with E-state index in [4.69, 9.17) is 10.5 Å². The van der Waals surface area contributed by atoms with Gasteiger partial charge in [-0.15, -0.1) is 0 Å². The molecule has 0 saturated carbocycles. The van der Waals surface area contributed by atoms with Gasteiger partial charge in [-0.1, -0.05) is 6.42 Å². The summed E-state index contributed by atoms with van der Waals surface area (Å²) in [7, 11) is 1.35. The monoisotopic (exact) mass is 306 g/mol. The highest BCUT2D eigenvalue weighted by molar-refractivity contribution is 5.89. The second kappa shape index (κ2) is 7.79. The number of primary amides is 1. The molecule has 6 heteroatoms. The van der Waals surface area contributed by atoms with Crippen LogP contribution in [0.4, 0.5) is 0 Å². The lowest BCUT2D eigenvalue weighted by molar-refractivity contribution is -0.124. The molecule has 1 heterocycles. The molecular formula is C16H22N2O4. The maximum Gasteiger partial charge on any atom is 0.337 e. The Morgan fingerprint density at radius 2 is 2.00 bits per heavy atom. The standard InChI is InChI=1S/C16H22N2O4/c1-21-16(20)12-5-7-13(8-6-12)22-11-10-18-9-3-2-4-14(18)15(17)19/h5-8,14H,2-4,9-11H2,1H3,(H2,17,19)/t14-/m1/s1. The first-order valence-electron chi connectivity index (χ1n) is 7.46. The molecule has 2 N–H and O–H groups in total. The second-order valence-corrected chi connectivity index (χ2v) is 5.31. The number of amides is 1. The van der Waals surface area contributed by atoms with Gasteiger partial charge in [-0.05, 0) is 43.7 Å². The summed E-state index contributed by atoms with van der Waals surface area (Å²) in [5.74, 6) is 0.0478. The minimum absolute atomic E-state index is 0.181. The van der Waals surface area contributed by atoms with E-state index in [-0.39, 0.29) is 17.9 Å². The molecule has 2 rings (SSSR count). The lowest BCUT2D eigenvalue weighted by Gasteiger charge is -2.33. The van der Waals surface area contributed by atoms with Crippen LogP contribution >= 0.6 is 0 Å². The molecule has 1 fully saturated rings. The van der Waals surface area contributed by atoms with Crippen LogP contribution in [0.15, 0.2) is 24.3 Å². The number of likely N-dealkylation sites (tertiary alicyclic amines) is 1. The molecule has 0 unspecified atom stereocenters. The summed E-state index contributed by atoms with van der Waals surface area (Å²) in [6.07, 6.45) is 2.95. The number of hydrogen-bond acceptors (Lipinski definition) is 5. The Morgan fingerprint density at radius 3 is 2.64 bits per heavy atom. The van der Waals surface area contributed by atoms with Crippen LogP contribution in [0.5, 0.6) is 5.75 Å². The minimum Gasteiger partial charge on any atom is -0.492 e. The maximum absolute atomic E-state index is 11.4. The van der Waals surface area contributed by atoms with Crippen molar-refractivity contribution in [3.05, 3.63) is 29.8 Å². The zero-order chi connectivity index (χ0) is 15.9. The quantitative estimate of drug-likeness (QED) is 0.798. The molecule has 22 heavy (non-hydrogen) atoms. The molecule has 0 aromatic heterocycles. The highest BCUT2D eigenvalue weighted by Gasteiger charge is 2.26. The van der Waals surface area contributed by atoms with Crippen molar-refractivity contribution >= 4 is 11.9 Å². The Hall–Kier alpha value is -2.08. The number of nitrogens with zero attached hydrogens (tertiary/aromatic N) is 1. The van der Waals surface area contributed by atoms with Gasteiger partial charge in [-0.25, -0.2) is 4.79 Å². The molecule has 0 aliphatic carbocycles. The number of piperidine rings is 1. The van der Waals surface area contributed by atoms with Crippen LogP contribution in [0.2, 0.25) is 0 Å². The summed E-state index contributed by atoms with van der Waals surface area (Å²) in [6.45, 7) is 2.01. The van der Waals surface area contributed by atoms with Gasteiger partial charge >= 0.3 is 5.97 Å². The van der Waals surface area contributed by atoms with Crippen LogP contribution in [0, 0.1) is 0 Å². The van der Waals surface area contributed by atoms with Crippen molar-refractivity contribution in [1.29, 1.82) is 0 Å². The average molecular weight is 306 g/mol. The van der Waals surface area contributed by atoms with Crippen LogP contribution < -0.4 is 10.5 Å². The Bertz CT molecular complexity index is 515. The van der Waals surface area contributed by atoms with E-state index in [2.05, 4.69) is 9.64 Å². The van der Waals surface area contributed by atoms with Gasteiger partial charge in [0.05, 0.1) is 18.7 Å². The zero-order valence-corrected chi connectivity index (χ0v) is 12.8. The van der Waals surface area contributed by atoms with Gasteiger partial charge in [-0.2, -0.15) is 0 Å². The fraction of sp³-hybridized carbons (Fsp3) is 0.500. The van der Waals surface area contributed by atoms with Gasteiger partial charge in [0.25, 0.3) is 0 Å². The van der Waals surface area contributed by atoms with E-state index in [1.165, 1.54) is 7.11 Å². The van der Waals surface area contributed by atoms with E-state index < -0.39 is 0 Å². The number of benzene rings is 1. The van der Waals surface area contributed by atoms with Gasteiger partial charge in [0, 0.05) is 6.54 Å². The predicted molar refractivity (Wildman–Crippen MR) is 81.7 cm³/mol. The highest BCUT2D eigenvalue weighted by Crippen LogP contribution is 2.17. The average Bonchev–Trinajstić information content (AvgIpc) is 2.55. The first-order chi connectivity index (χ1) is 10.6. The lowest BCUT2D eigenvalue weighted by Crippen LogP contribution is -2.48. The second-order valence-electron chi connectivity index (χ2n) is 5.31. The van der Waals surface area contributed by atoms with E-state index in [9.17, 15) is 9.59 Å². The molecule has 1 aliphatic rings. The van der Waals surface area contributed by atoms with Gasteiger partial charge in [0.15, 0.2) is 0 Å². The normalized spacial score (nSPS) is 18.7. The summed E-state index contributed by atoms with van der Waals surface area (Å²) in [5, 5.41) is 0. The van der Waals surface area contributed by atoms with Crippen LogP contribution in [0.25, 0.3) is 0 Å². The van der Waals surface area contributed by atoms with E-state index in [1.807, 2.05) is 0 Å². The number of carbonyl (C=O) groups excluding carboxylic acids is 2. The third-order valence-electron chi connectivity index (χ3n) is 3.86. The van der Waals surface area contributed by atoms with Crippen molar-refractivity contribution in [3.8, 4) is 5.75 Å². The summed E-state index contributed by atoms with van der Waals surface area (Å²) < 4.78 is 10.3. The fourth-order valence-electron chi connectivity index (χ4n) is 2.67. The van der Waals surface area contributed by atoms with Gasteiger partial charge < -0.3 is 15.2 Å². The first-order valence-corrected chi connectivity index (χ1v) is 7.46. The number of rotatable bonds is 6. The SMILES string of the molecule is COC(=O)c1ccc(OCCN2CCCC[C@@H]2C(N)=O)cc1. The number of hydrogen-bond donors (Lipinski definition) is 1. The molecule has 1 atom stereocenters. The molecule has 1 aliphatic heterocycles. The number of ether oxygens (including phenoxy) is 2. The van der Waals surface area contributed by atoms with Crippen molar-refractivity contribution in [3.63, 3.8) is 0 Å². The minimum atomic E-state index is -0.371. The zero-order valence-electron chi connectivity index (χ0n) is 12.8. The van der Waals surface area contributed by atoms with Crippen LogP contribution in [-0.4, -0.2) is 49.6 Å². The number of methoxy groups -OCH3 is 1. The molecule has 120 valence electrons. The third-order valence-corrected chi connectivity index (χ3v) is 3.86. The maximum atomic E-state index is 11.4. The molecule has 6 nitrogen and oxygen atoms in total. The van der Waals surface area contributed by atoms with Crippen molar-refractivity contribution in [2.45, 2.75) is 25.3 Å². The van der Waals surface area contributed by atoms with E-state index >= 15 is 0 Å². The Balaban J connectivity index is 1.82. The summed E-state index contributed by atoms with van der Waals surface area (Å²) in [4.78, 5) is 24.8. The Labute approximate surface area is 130 Å². The van der Waals surface area contributed by atoms with Crippen LogP contribution in [0.3, 0.4) is 0 Å². The van der Waals surface area contributed by atoms with Gasteiger partial charge in [0.2, 0.25) is 5.91 Å². The van der Waals surface area contributed by atoms with E-state index in [1.54, 1.807) is 24.3 Å². The van der Waals surface area contributed by atoms with Crippen molar-refractivity contribution in [2.75, 3.05) is 26.8 Å². The van der Waals surface area contributed by atoms with Crippen molar-refractivity contribution < 1.29 is 19.1 Å². The largest absolute Gasteiger partial charge is 0.492 e. The molecule has 0 bridgehead atoms. The number of esters is 1. The summed E-state index contributed by atoms with van der Waals surface area (Å²) in [6, 6.07) is 6.60. The fourth-order valence-corrected chi connectivity index (χ4v) is 2.67. The Morgan fingerprint density at radius 1 is 1.27 bits per heavy atom. The number of carbonyl (C=O) groups is 2. The van der Waals surface area contributed by atoms with Gasteiger partial charge in [-0.3, -0.25) is 9.69 Å². The van der Waals surface area contributed by atoms with Crippen molar-refractivity contribution in [2.24, 2.45) is 5.73 Å². The predicted octanol–water partition coefficient (Wildman–Crippen LogP) is 1.19. The molecule has 1 saturated heterocycles. The lowest BCUT2D eigenvalue weighted by atomic mass is 10.0. The highest BCUT2D eigenvalue weighted by atomic mass is 16.5. The molecule has 1 aromatic carbocycles. The van der Waals surface area contributed by atoms with Crippen LogP contribution in [-0.2, 0) is 9.53 Å². The topological polar surface area (TPSA) is 81.9 Å². The smallest absolute Gasteiger partial charge is 0.337 e. The number of nitrogens with two attached hydrogens (primary N) is 1. The third kappa shape index (κ3) is 4.21. The van der Waals surface area contributed by atoms with Gasteiger partial charge in [0.1, 0.15) is 12.4 Å². The summed E-state index contributed by atoms with van der Waals surface area (Å²) >= 11 is 0. The first kappa shape index (κ1) is 16.3. The molecule has 0 radical (unpaired) electrons. The molecule has 1 aromatic rings. The molecular weight excluding hydrogens is 284 g/mol. The van der Waals surface area contributed by atoms with Crippen LogP contribution in [0.1, 0.15) is 29.6 Å². The molecule has 0 spiro atoms. The summed E-state index contributed by atoms with van der Waals surface area (Å²) in [5.41, 5.74) is 5.92. The Kier molecular flexibility index (Phi) is 5.77. The molecule has 1 amide bonds. The van der Waals surface area contributed by atoms with E-state index in [0.29, 0.717) is 24.5 Å². The van der Waals surface area contributed by atoms with Crippen molar-refractivity contribution in [1.82, 2.24) is 4.90 Å². The van der Waals surface area contributed by atoms with E-state index in [0.717, 1.165) is 25.8 Å².